The minimum atomic E-state index is 0.508. The number of fused-ring (bicyclic) bond motifs is 1. The van der Waals surface area contributed by atoms with Gasteiger partial charge in [-0.15, -0.1) is 0 Å². The molecule has 0 heterocycles. The van der Waals surface area contributed by atoms with Crippen molar-refractivity contribution in [2.75, 3.05) is 0 Å². The van der Waals surface area contributed by atoms with Crippen LogP contribution in [-0.2, 0) is 6.42 Å². The van der Waals surface area contributed by atoms with Crippen molar-refractivity contribution in [3.05, 3.63) is 35.4 Å². The van der Waals surface area contributed by atoms with Gasteiger partial charge in [-0.1, -0.05) is 72.1 Å². The summed E-state index contributed by atoms with van der Waals surface area (Å²) in [5, 5.41) is 0. The first-order valence-electron chi connectivity index (χ1n) is 5.18. The second-order valence-electron chi connectivity index (χ2n) is 3.98. The van der Waals surface area contributed by atoms with Crippen LogP contribution >= 0.6 is 47.8 Å². The van der Waals surface area contributed by atoms with Gasteiger partial charge in [-0.05, 0) is 30.4 Å². The van der Waals surface area contributed by atoms with Gasteiger partial charge in [0, 0.05) is 14.5 Å². The Labute approximate surface area is 116 Å². The van der Waals surface area contributed by atoms with E-state index in [1.807, 2.05) is 0 Å². The van der Waals surface area contributed by atoms with Crippen LogP contribution in [0.25, 0.3) is 0 Å². The SMILES string of the molecule is BrC1CCC(Br)C(Br)Cc2ccccc21. The maximum atomic E-state index is 3.78. The van der Waals surface area contributed by atoms with Gasteiger partial charge in [0.05, 0.1) is 0 Å². The number of hydrogen-bond donors (Lipinski definition) is 0. The van der Waals surface area contributed by atoms with E-state index in [-0.39, 0.29) is 0 Å². The maximum Gasteiger partial charge on any atom is 0.0398 e. The third-order valence-corrected chi connectivity index (χ3v) is 6.61. The van der Waals surface area contributed by atoms with Gasteiger partial charge in [-0.25, -0.2) is 0 Å². The fourth-order valence-electron chi connectivity index (χ4n) is 2.01. The average Bonchev–Trinajstić information content (AvgIpc) is 2.24. The Bertz CT molecular complexity index is 337. The lowest BCUT2D eigenvalue weighted by atomic mass is 9.93. The largest absolute Gasteiger partial charge is 0.0878 e. The quantitative estimate of drug-likeness (QED) is 0.542. The number of benzene rings is 1. The summed E-state index contributed by atoms with van der Waals surface area (Å²) in [5.74, 6) is 0. The smallest absolute Gasteiger partial charge is 0.0398 e. The zero-order valence-corrected chi connectivity index (χ0v) is 13.1. The van der Waals surface area contributed by atoms with Gasteiger partial charge < -0.3 is 0 Å². The summed E-state index contributed by atoms with van der Waals surface area (Å²) in [6.07, 6.45) is 3.50. The van der Waals surface area contributed by atoms with Gasteiger partial charge in [-0.2, -0.15) is 0 Å². The highest BCUT2D eigenvalue weighted by Crippen LogP contribution is 2.37. The van der Waals surface area contributed by atoms with Crippen molar-refractivity contribution in [2.24, 2.45) is 0 Å². The molecule has 0 fully saturated rings. The molecule has 1 aliphatic rings. The van der Waals surface area contributed by atoms with Gasteiger partial charge in [-0.3, -0.25) is 0 Å². The summed E-state index contributed by atoms with van der Waals surface area (Å²) in [4.78, 5) is 1.62. The van der Waals surface area contributed by atoms with Crippen LogP contribution in [0.15, 0.2) is 24.3 Å². The molecule has 1 aliphatic carbocycles. The molecule has 1 aromatic carbocycles. The molecule has 0 aromatic heterocycles. The van der Waals surface area contributed by atoms with E-state index in [0.29, 0.717) is 14.5 Å². The summed E-state index contributed by atoms with van der Waals surface area (Å²) >= 11 is 11.3. The Morgan fingerprint density at radius 2 is 1.67 bits per heavy atom. The molecule has 15 heavy (non-hydrogen) atoms. The third-order valence-electron chi connectivity index (χ3n) is 2.90. The lowest BCUT2D eigenvalue weighted by Gasteiger charge is -2.25. The van der Waals surface area contributed by atoms with Crippen LogP contribution in [0.5, 0.6) is 0 Å². The minimum Gasteiger partial charge on any atom is -0.0878 e. The van der Waals surface area contributed by atoms with Crippen molar-refractivity contribution < 1.29 is 0 Å². The predicted octanol–water partition coefficient (Wildman–Crippen LogP) is 4.99. The van der Waals surface area contributed by atoms with Gasteiger partial charge >= 0.3 is 0 Å². The second kappa shape index (κ2) is 5.33. The molecule has 0 bridgehead atoms. The average molecular weight is 397 g/mol. The van der Waals surface area contributed by atoms with E-state index in [9.17, 15) is 0 Å². The summed E-state index contributed by atoms with van der Waals surface area (Å²) in [6.45, 7) is 0. The predicted molar refractivity (Wildman–Crippen MR) is 76.5 cm³/mol. The molecule has 3 heteroatoms. The van der Waals surface area contributed by atoms with Crippen LogP contribution in [0.4, 0.5) is 0 Å². The monoisotopic (exact) mass is 394 g/mol. The van der Waals surface area contributed by atoms with E-state index in [1.54, 1.807) is 0 Å². The van der Waals surface area contributed by atoms with E-state index in [1.165, 1.54) is 24.0 Å². The molecule has 82 valence electrons. The van der Waals surface area contributed by atoms with E-state index < -0.39 is 0 Å². The van der Waals surface area contributed by atoms with Crippen molar-refractivity contribution in [2.45, 2.75) is 33.7 Å². The Morgan fingerprint density at radius 3 is 2.47 bits per heavy atom. The molecule has 0 amide bonds. The van der Waals surface area contributed by atoms with Crippen molar-refractivity contribution >= 4 is 47.8 Å². The molecule has 1 aromatic rings. The van der Waals surface area contributed by atoms with Gasteiger partial charge in [0.1, 0.15) is 0 Å². The molecule has 0 aliphatic heterocycles. The molecule has 3 atom stereocenters. The molecule has 3 unspecified atom stereocenters. The number of alkyl halides is 3. The Balaban J connectivity index is 2.33. The minimum absolute atomic E-state index is 0.508. The van der Waals surface area contributed by atoms with Gasteiger partial charge in [0.15, 0.2) is 0 Å². The van der Waals surface area contributed by atoms with Crippen LogP contribution in [0.2, 0.25) is 0 Å². The first-order chi connectivity index (χ1) is 7.18. The lowest BCUT2D eigenvalue weighted by Crippen LogP contribution is -2.20. The highest BCUT2D eigenvalue weighted by atomic mass is 79.9. The summed E-state index contributed by atoms with van der Waals surface area (Å²) in [6, 6.07) is 8.73. The maximum absolute atomic E-state index is 3.78. The normalized spacial score (nSPS) is 31.5. The zero-order valence-electron chi connectivity index (χ0n) is 8.30. The van der Waals surface area contributed by atoms with Crippen molar-refractivity contribution in [3.8, 4) is 0 Å². The molecule has 2 rings (SSSR count). The zero-order chi connectivity index (χ0) is 10.8. The van der Waals surface area contributed by atoms with Crippen molar-refractivity contribution in [1.29, 1.82) is 0 Å². The van der Waals surface area contributed by atoms with Crippen LogP contribution < -0.4 is 0 Å². The Hall–Kier alpha value is 0.660. The topological polar surface area (TPSA) is 0 Å². The van der Waals surface area contributed by atoms with E-state index in [4.69, 9.17) is 0 Å². The van der Waals surface area contributed by atoms with Crippen LogP contribution in [0, 0.1) is 0 Å². The lowest BCUT2D eigenvalue weighted by molar-refractivity contribution is 0.651. The summed E-state index contributed by atoms with van der Waals surface area (Å²) < 4.78 is 0. The van der Waals surface area contributed by atoms with Crippen molar-refractivity contribution in [1.82, 2.24) is 0 Å². The fourth-order valence-corrected chi connectivity index (χ4v) is 3.78. The summed E-state index contributed by atoms with van der Waals surface area (Å²) in [7, 11) is 0. The molecule has 0 N–H and O–H groups in total. The third kappa shape index (κ3) is 2.86. The molecule has 0 spiro atoms. The summed E-state index contributed by atoms with van der Waals surface area (Å²) in [5.41, 5.74) is 2.92. The number of rotatable bonds is 0. The Kier molecular flexibility index (Phi) is 4.31. The highest BCUT2D eigenvalue weighted by molar-refractivity contribution is 9.12. The first-order valence-corrected chi connectivity index (χ1v) is 7.93. The van der Waals surface area contributed by atoms with Crippen LogP contribution in [0.1, 0.15) is 28.8 Å². The molecular formula is C12H13Br3. The fraction of sp³-hybridized carbons (Fsp3) is 0.500. The molecule has 0 saturated heterocycles. The number of halogens is 3. The highest BCUT2D eigenvalue weighted by Gasteiger charge is 2.23. The van der Waals surface area contributed by atoms with Crippen LogP contribution in [-0.4, -0.2) is 9.65 Å². The second-order valence-corrected chi connectivity index (χ2v) is 7.44. The van der Waals surface area contributed by atoms with E-state index in [2.05, 4.69) is 72.1 Å². The van der Waals surface area contributed by atoms with E-state index >= 15 is 0 Å². The first kappa shape index (κ1) is 12.1. The van der Waals surface area contributed by atoms with Crippen LogP contribution in [0.3, 0.4) is 0 Å². The Morgan fingerprint density at radius 1 is 0.933 bits per heavy atom. The molecular weight excluding hydrogens is 384 g/mol. The number of hydrogen-bond acceptors (Lipinski definition) is 0. The van der Waals surface area contributed by atoms with E-state index in [0.717, 1.165) is 6.42 Å². The standard InChI is InChI=1S/C12H13Br3/c13-10-5-6-11(14)12(15)7-8-3-1-2-4-9(8)10/h1-4,10-12H,5-7H2. The van der Waals surface area contributed by atoms with Gasteiger partial charge in [0.2, 0.25) is 0 Å². The van der Waals surface area contributed by atoms with Gasteiger partial charge in [0.25, 0.3) is 0 Å². The molecule has 0 radical (unpaired) electrons. The molecule has 0 nitrogen and oxygen atoms in total. The van der Waals surface area contributed by atoms with Crippen molar-refractivity contribution in [3.63, 3.8) is 0 Å². The molecule has 0 saturated carbocycles.